The van der Waals surface area contributed by atoms with Gasteiger partial charge in [-0.2, -0.15) is 0 Å². The van der Waals surface area contributed by atoms with Gasteiger partial charge in [0, 0.05) is 18.6 Å². The third kappa shape index (κ3) is 6.22. The average molecular weight is 444 g/mol. The number of fused-ring (bicyclic) bond motifs is 2. The Morgan fingerprint density at radius 2 is 1.61 bits per heavy atom. The highest BCUT2D eigenvalue weighted by atomic mass is 16.6. The molecule has 172 valence electrons. The number of carbonyl (C=O) groups is 1. The van der Waals surface area contributed by atoms with Gasteiger partial charge in [0.25, 0.3) is 0 Å². The number of hydrogen-bond donors (Lipinski definition) is 1. The largest absolute Gasteiger partial charge is 0.481 e. The minimum Gasteiger partial charge on any atom is -0.481 e. The Hall–Kier alpha value is -3.14. The van der Waals surface area contributed by atoms with Gasteiger partial charge in [-0.05, 0) is 61.0 Å². The molecule has 1 fully saturated rings. The van der Waals surface area contributed by atoms with Crippen molar-refractivity contribution < 1.29 is 14.7 Å². The molecule has 5 rings (SSSR count). The number of nitrogens with zero attached hydrogens (tertiary/aromatic N) is 1. The summed E-state index contributed by atoms with van der Waals surface area (Å²) < 4.78 is 0. The molecule has 1 N–H and O–H groups in total. The van der Waals surface area contributed by atoms with Crippen molar-refractivity contribution in [2.24, 2.45) is 28.8 Å². The van der Waals surface area contributed by atoms with Crippen molar-refractivity contribution in [2.75, 3.05) is 0 Å². The highest BCUT2D eigenvalue weighted by molar-refractivity contribution is 5.66. The second-order valence-electron chi connectivity index (χ2n) is 9.09. The van der Waals surface area contributed by atoms with E-state index in [9.17, 15) is 4.79 Å². The third-order valence-corrected chi connectivity index (χ3v) is 6.92. The predicted octanol–water partition coefficient (Wildman–Crippen LogP) is 6.81. The van der Waals surface area contributed by atoms with E-state index in [4.69, 9.17) is 9.94 Å². The highest BCUT2D eigenvalue weighted by Gasteiger charge is 2.39. The maximum atomic E-state index is 10.7. The maximum Gasteiger partial charge on any atom is 0.303 e. The molecular weight excluding hydrogens is 410 g/mol. The van der Waals surface area contributed by atoms with Gasteiger partial charge < -0.3 is 9.94 Å². The van der Waals surface area contributed by atoms with Crippen molar-refractivity contribution >= 4 is 12.2 Å². The van der Waals surface area contributed by atoms with Crippen molar-refractivity contribution in [3.8, 4) is 0 Å². The Morgan fingerprint density at radius 3 is 2.21 bits per heavy atom. The van der Waals surface area contributed by atoms with Crippen LogP contribution in [0.25, 0.3) is 0 Å². The van der Waals surface area contributed by atoms with Crippen LogP contribution in [0.15, 0.2) is 90.1 Å². The van der Waals surface area contributed by atoms with Gasteiger partial charge in [0.2, 0.25) is 0 Å². The summed E-state index contributed by atoms with van der Waals surface area (Å²) in [4.78, 5) is 16.8. The van der Waals surface area contributed by atoms with Gasteiger partial charge in [0.1, 0.15) is 0 Å². The summed E-state index contributed by atoms with van der Waals surface area (Å²) in [6, 6.07) is 20.5. The fourth-order valence-electron chi connectivity index (χ4n) is 5.17. The van der Waals surface area contributed by atoms with Crippen LogP contribution in [-0.2, 0) is 9.63 Å². The van der Waals surface area contributed by atoms with Crippen LogP contribution in [0.2, 0.25) is 0 Å². The van der Waals surface area contributed by atoms with E-state index in [1.807, 2.05) is 42.6 Å². The second kappa shape index (κ2) is 11.6. The van der Waals surface area contributed by atoms with Gasteiger partial charge in [-0.15, -0.1) is 0 Å². The lowest BCUT2D eigenvalue weighted by Crippen LogP contribution is -2.37. The lowest BCUT2D eigenvalue weighted by Gasteiger charge is -2.43. The summed E-state index contributed by atoms with van der Waals surface area (Å²) in [5.41, 5.74) is 2.18. The zero-order chi connectivity index (χ0) is 22.9. The van der Waals surface area contributed by atoms with Gasteiger partial charge in [-0.3, -0.25) is 4.79 Å². The molecule has 0 unspecified atom stereocenters. The SMILES string of the molecule is O=C(O)CCC/C=C\C[C@H]1[C@H](/C=N\OC(c2ccccc2)c2ccccc2)[C@@H]2C=C[C@H]1CC2. The number of allylic oxidation sites excluding steroid dienone is 4. The molecule has 0 amide bonds. The van der Waals surface area contributed by atoms with E-state index in [2.05, 4.69) is 53.7 Å². The first-order valence-electron chi connectivity index (χ1n) is 12.1. The van der Waals surface area contributed by atoms with Gasteiger partial charge in [0.15, 0.2) is 6.10 Å². The summed E-state index contributed by atoms with van der Waals surface area (Å²) in [6.07, 6.45) is 16.1. The predicted molar refractivity (Wildman–Crippen MR) is 132 cm³/mol. The monoisotopic (exact) mass is 443 g/mol. The molecule has 0 spiro atoms. The van der Waals surface area contributed by atoms with E-state index >= 15 is 0 Å². The van der Waals surface area contributed by atoms with Gasteiger partial charge in [-0.25, -0.2) is 0 Å². The first kappa shape index (κ1) is 23.0. The average Bonchev–Trinajstić information content (AvgIpc) is 2.86. The van der Waals surface area contributed by atoms with Crippen molar-refractivity contribution in [2.45, 2.75) is 44.6 Å². The number of carboxylic acid groups (broad SMARTS) is 1. The normalized spacial score (nSPS) is 24.2. The minimum atomic E-state index is -0.723. The Bertz CT molecular complexity index is 927. The quantitative estimate of drug-likeness (QED) is 0.180. The van der Waals surface area contributed by atoms with E-state index in [0.29, 0.717) is 30.1 Å². The van der Waals surface area contributed by atoms with E-state index in [-0.39, 0.29) is 12.5 Å². The second-order valence-corrected chi connectivity index (χ2v) is 9.09. The standard InChI is InChI=1S/C29H33NO3/c31-28(32)16-10-2-1-9-15-26-22-17-19-23(20-18-22)27(26)21-30-33-29(24-11-5-3-6-12-24)25-13-7-4-8-14-25/h1,3-9,11-14,17,19,21-23,26-27,29H,2,10,15-16,18,20H2,(H,31,32)/b9-1-,30-21-/t22-,23+,26+,27+/m0/s1. The zero-order valence-electron chi connectivity index (χ0n) is 19.0. The molecule has 3 aliphatic rings. The molecular formula is C29H33NO3. The molecule has 0 aliphatic heterocycles. The van der Waals surface area contributed by atoms with E-state index in [0.717, 1.165) is 24.0 Å². The fourth-order valence-corrected chi connectivity index (χ4v) is 5.17. The number of carboxylic acids is 1. The number of oxime groups is 1. The molecule has 0 radical (unpaired) electrons. The molecule has 2 bridgehead atoms. The molecule has 4 atom stereocenters. The first-order valence-corrected chi connectivity index (χ1v) is 12.1. The van der Waals surface area contributed by atoms with Crippen molar-refractivity contribution in [1.82, 2.24) is 0 Å². The molecule has 1 saturated carbocycles. The number of aliphatic carboxylic acids is 1. The summed E-state index contributed by atoms with van der Waals surface area (Å²) in [5.74, 6) is 1.25. The summed E-state index contributed by atoms with van der Waals surface area (Å²) in [5, 5.41) is 13.3. The van der Waals surface area contributed by atoms with E-state index < -0.39 is 5.97 Å². The summed E-state index contributed by atoms with van der Waals surface area (Å²) >= 11 is 0. The van der Waals surface area contributed by atoms with E-state index in [1.165, 1.54) is 12.8 Å². The van der Waals surface area contributed by atoms with Crippen LogP contribution < -0.4 is 0 Å². The Balaban J connectivity index is 1.42. The zero-order valence-corrected chi connectivity index (χ0v) is 19.0. The smallest absolute Gasteiger partial charge is 0.303 e. The van der Waals surface area contributed by atoms with Crippen LogP contribution >= 0.6 is 0 Å². The highest BCUT2D eigenvalue weighted by Crippen LogP contribution is 2.45. The molecule has 0 saturated heterocycles. The lowest BCUT2D eigenvalue weighted by molar-refractivity contribution is -0.137. The van der Waals surface area contributed by atoms with Crippen molar-refractivity contribution in [1.29, 1.82) is 0 Å². The molecule has 0 aromatic heterocycles. The van der Waals surface area contributed by atoms with Crippen LogP contribution in [-0.4, -0.2) is 17.3 Å². The number of rotatable bonds is 11. The molecule has 0 heterocycles. The number of unbranched alkanes of at least 4 members (excludes halogenated alkanes) is 1. The van der Waals surface area contributed by atoms with Crippen LogP contribution in [0.3, 0.4) is 0 Å². The van der Waals surface area contributed by atoms with Crippen LogP contribution in [0, 0.1) is 23.7 Å². The Labute approximate surface area is 196 Å². The first-order chi connectivity index (χ1) is 16.2. The topological polar surface area (TPSA) is 58.9 Å². The maximum absolute atomic E-state index is 10.7. The van der Waals surface area contributed by atoms with Crippen LogP contribution in [0.4, 0.5) is 0 Å². The summed E-state index contributed by atoms with van der Waals surface area (Å²) in [7, 11) is 0. The fraction of sp³-hybridized carbons (Fsp3) is 0.379. The summed E-state index contributed by atoms with van der Waals surface area (Å²) in [6.45, 7) is 0. The molecule has 2 aromatic carbocycles. The Morgan fingerprint density at radius 1 is 0.970 bits per heavy atom. The van der Waals surface area contributed by atoms with Crippen molar-refractivity contribution in [3.63, 3.8) is 0 Å². The van der Waals surface area contributed by atoms with E-state index in [1.54, 1.807) is 0 Å². The van der Waals surface area contributed by atoms with Crippen LogP contribution in [0.5, 0.6) is 0 Å². The lowest BCUT2D eigenvalue weighted by atomic mass is 9.62. The molecule has 33 heavy (non-hydrogen) atoms. The molecule has 2 aromatic rings. The molecule has 3 aliphatic carbocycles. The Kier molecular flexibility index (Phi) is 8.13. The minimum absolute atomic E-state index is 0.229. The van der Waals surface area contributed by atoms with Gasteiger partial charge >= 0.3 is 5.97 Å². The molecule has 4 heteroatoms. The van der Waals surface area contributed by atoms with Gasteiger partial charge in [-0.1, -0.05) is 90.1 Å². The third-order valence-electron chi connectivity index (χ3n) is 6.92. The van der Waals surface area contributed by atoms with Crippen molar-refractivity contribution in [3.05, 3.63) is 96.1 Å². The van der Waals surface area contributed by atoms with Crippen LogP contribution in [0.1, 0.15) is 55.8 Å². The van der Waals surface area contributed by atoms with Gasteiger partial charge in [0.05, 0.1) is 0 Å². The number of hydrogen-bond acceptors (Lipinski definition) is 3. The molecule has 4 nitrogen and oxygen atoms in total. The number of benzene rings is 2.